The molecule has 1 aliphatic rings. The zero-order valence-corrected chi connectivity index (χ0v) is 18.5. The number of para-hydroxylation sites is 1. The van der Waals surface area contributed by atoms with Gasteiger partial charge in [0.2, 0.25) is 5.91 Å². The summed E-state index contributed by atoms with van der Waals surface area (Å²) < 4.78 is 29.0. The molecule has 1 aliphatic heterocycles. The lowest BCUT2D eigenvalue weighted by Gasteiger charge is -2.36. The number of aromatic nitrogens is 2. The lowest BCUT2D eigenvalue weighted by molar-refractivity contribution is -0.118. The number of nitrogens with zero attached hydrogens (tertiary/aromatic N) is 4. The van der Waals surface area contributed by atoms with E-state index in [1.54, 1.807) is 37.3 Å². The zero-order chi connectivity index (χ0) is 23.0. The molecule has 1 saturated heterocycles. The highest BCUT2D eigenvalue weighted by molar-refractivity contribution is 7.91. The first-order valence-corrected chi connectivity index (χ1v) is 11.4. The number of hydrogen-bond acceptors (Lipinski definition) is 6. The van der Waals surface area contributed by atoms with Gasteiger partial charge >= 0.3 is 5.97 Å². The number of benzene rings is 2. The number of carbonyl (C=O) groups excluding carboxylic acids is 1. The minimum absolute atomic E-state index is 0.00318. The molecule has 4 rings (SSSR count). The molecule has 1 amide bonds. The van der Waals surface area contributed by atoms with E-state index in [-0.39, 0.29) is 34.6 Å². The molecule has 2 aromatic carbocycles. The summed E-state index contributed by atoms with van der Waals surface area (Å²) in [6.07, 6.45) is -0.00318. The number of carboxylic acid groups (broad SMARTS) is 1. The summed E-state index contributed by atoms with van der Waals surface area (Å²) in [6.45, 7) is 1.65. The van der Waals surface area contributed by atoms with Gasteiger partial charge in [-0.05, 0) is 61.6 Å². The Morgan fingerprint density at radius 3 is 2.31 bits per heavy atom. The number of thiocarbonyl (C=S) groups is 1. The maximum Gasteiger partial charge on any atom is 0.356 e. The number of rotatable bonds is 5. The van der Waals surface area contributed by atoms with Crippen LogP contribution in [-0.2, 0) is 14.8 Å². The second-order valence-corrected chi connectivity index (χ2v) is 9.28. The quantitative estimate of drug-likeness (QED) is 0.570. The molecule has 1 aromatic heterocycles. The van der Waals surface area contributed by atoms with E-state index in [9.17, 15) is 18.0 Å². The SMILES string of the molecule is Cc1cc(C(=O)O)nn1-c1ccc(S(=O)(=O)N2CCC(=O)N(c3ccccc3)C2=S)cc1. The minimum Gasteiger partial charge on any atom is -0.476 e. The second kappa shape index (κ2) is 8.17. The number of hydrogen-bond donors (Lipinski definition) is 1. The zero-order valence-electron chi connectivity index (χ0n) is 16.9. The van der Waals surface area contributed by atoms with Crippen molar-refractivity contribution in [1.82, 2.24) is 14.1 Å². The highest BCUT2D eigenvalue weighted by atomic mass is 32.2. The summed E-state index contributed by atoms with van der Waals surface area (Å²) >= 11 is 5.38. The van der Waals surface area contributed by atoms with E-state index in [4.69, 9.17) is 17.3 Å². The summed E-state index contributed by atoms with van der Waals surface area (Å²) in [5.41, 5.74) is 1.49. The second-order valence-electron chi connectivity index (χ2n) is 7.06. The first-order chi connectivity index (χ1) is 15.2. The van der Waals surface area contributed by atoms with E-state index in [0.29, 0.717) is 17.1 Å². The van der Waals surface area contributed by atoms with Crippen LogP contribution in [0.3, 0.4) is 0 Å². The van der Waals surface area contributed by atoms with Crippen molar-refractivity contribution in [3.05, 3.63) is 72.1 Å². The molecule has 1 N–H and O–H groups in total. The van der Waals surface area contributed by atoms with Gasteiger partial charge in [-0.25, -0.2) is 22.2 Å². The Morgan fingerprint density at radius 2 is 1.72 bits per heavy atom. The number of aryl methyl sites for hydroxylation is 1. The van der Waals surface area contributed by atoms with E-state index in [1.165, 1.54) is 39.9 Å². The maximum absolute atomic E-state index is 13.3. The standard InChI is InChI=1S/C21H18N4O5S2/c1-14-13-18(20(27)28)22-25(14)16-7-9-17(10-8-16)32(29,30)23-12-11-19(26)24(21(23)31)15-5-3-2-4-6-15/h2-10,13H,11-12H2,1H3,(H,27,28). The van der Waals surface area contributed by atoms with Crippen LogP contribution in [0, 0.1) is 6.92 Å². The normalized spacial score (nSPS) is 14.7. The highest BCUT2D eigenvalue weighted by Crippen LogP contribution is 2.26. The molecular formula is C21H18N4O5S2. The van der Waals surface area contributed by atoms with Gasteiger partial charge in [-0.15, -0.1) is 0 Å². The molecular weight excluding hydrogens is 452 g/mol. The Hall–Kier alpha value is -3.57. The van der Waals surface area contributed by atoms with E-state index in [2.05, 4.69) is 5.10 Å². The van der Waals surface area contributed by atoms with Gasteiger partial charge in [-0.3, -0.25) is 9.69 Å². The predicted molar refractivity (Wildman–Crippen MR) is 120 cm³/mol. The van der Waals surface area contributed by atoms with Crippen LogP contribution in [0.25, 0.3) is 5.69 Å². The monoisotopic (exact) mass is 470 g/mol. The molecule has 164 valence electrons. The summed E-state index contributed by atoms with van der Waals surface area (Å²) in [5, 5.41) is 13.0. The fraction of sp³-hybridized carbons (Fsp3) is 0.143. The highest BCUT2D eigenvalue weighted by Gasteiger charge is 2.37. The number of carboxylic acids is 1. The third-order valence-electron chi connectivity index (χ3n) is 4.97. The van der Waals surface area contributed by atoms with Crippen LogP contribution in [0.15, 0.2) is 65.6 Å². The topological polar surface area (TPSA) is 113 Å². The van der Waals surface area contributed by atoms with Crippen LogP contribution < -0.4 is 4.90 Å². The Morgan fingerprint density at radius 1 is 1.06 bits per heavy atom. The van der Waals surface area contributed by atoms with Crippen molar-refractivity contribution in [2.75, 3.05) is 11.4 Å². The molecule has 0 atom stereocenters. The maximum atomic E-state index is 13.3. The van der Waals surface area contributed by atoms with Crippen molar-refractivity contribution in [1.29, 1.82) is 0 Å². The van der Waals surface area contributed by atoms with E-state index in [0.717, 1.165) is 4.31 Å². The summed E-state index contributed by atoms with van der Waals surface area (Å²) in [6, 6.07) is 15.9. The first-order valence-electron chi connectivity index (χ1n) is 9.55. The molecule has 0 bridgehead atoms. The van der Waals surface area contributed by atoms with Crippen LogP contribution in [0.4, 0.5) is 5.69 Å². The fourth-order valence-corrected chi connectivity index (χ4v) is 5.35. The molecule has 11 heteroatoms. The average molecular weight is 471 g/mol. The number of sulfonamides is 1. The molecule has 3 aromatic rings. The van der Waals surface area contributed by atoms with Gasteiger partial charge in [-0.1, -0.05) is 18.2 Å². The Labute approximate surface area is 189 Å². The van der Waals surface area contributed by atoms with Crippen molar-refractivity contribution in [2.45, 2.75) is 18.2 Å². The molecule has 1 fully saturated rings. The number of carbonyl (C=O) groups is 2. The Bertz CT molecular complexity index is 1320. The Balaban J connectivity index is 1.64. The van der Waals surface area contributed by atoms with Crippen molar-refractivity contribution < 1.29 is 23.1 Å². The van der Waals surface area contributed by atoms with Gasteiger partial charge in [0.25, 0.3) is 10.0 Å². The Kier molecular flexibility index (Phi) is 5.53. The lowest BCUT2D eigenvalue weighted by Crippen LogP contribution is -2.54. The molecule has 0 aliphatic carbocycles. The van der Waals surface area contributed by atoms with Crippen molar-refractivity contribution in [3.8, 4) is 5.69 Å². The van der Waals surface area contributed by atoms with Crippen LogP contribution >= 0.6 is 12.2 Å². The summed E-state index contributed by atoms with van der Waals surface area (Å²) in [5.74, 6) is -1.42. The van der Waals surface area contributed by atoms with Crippen molar-refractivity contribution in [3.63, 3.8) is 0 Å². The average Bonchev–Trinajstić information content (AvgIpc) is 3.16. The molecule has 9 nitrogen and oxygen atoms in total. The summed E-state index contributed by atoms with van der Waals surface area (Å²) in [4.78, 5) is 24.8. The van der Waals surface area contributed by atoms with Gasteiger partial charge < -0.3 is 5.11 Å². The number of aromatic carboxylic acids is 1. The van der Waals surface area contributed by atoms with Crippen molar-refractivity contribution in [2.24, 2.45) is 0 Å². The van der Waals surface area contributed by atoms with Crippen molar-refractivity contribution >= 4 is 44.9 Å². The molecule has 32 heavy (non-hydrogen) atoms. The third-order valence-corrected chi connectivity index (χ3v) is 7.30. The third kappa shape index (κ3) is 3.76. The minimum atomic E-state index is -4.02. The van der Waals surface area contributed by atoms with E-state index in [1.807, 2.05) is 0 Å². The summed E-state index contributed by atoms with van der Waals surface area (Å²) in [7, 11) is -4.02. The smallest absolute Gasteiger partial charge is 0.356 e. The van der Waals surface area contributed by atoms with E-state index >= 15 is 0 Å². The largest absolute Gasteiger partial charge is 0.476 e. The van der Waals surface area contributed by atoms with Gasteiger partial charge in [-0.2, -0.15) is 5.10 Å². The molecule has 0 spiro atoms. The van der Waals surface area contributed by atoms with E-state index < -0.39 is 16.0 Å². The van der Waals surface area contributed by atoms with Gasteiger partial charge in [0.15, 0.2) is 10.8 Å². The number of amides is 1. The van der Waals surface area contributed by atoms with Gasteiger partial charge in [0, 0.05) is 18.7 Å². The molecule has 0 radical (unpaired) electrons. The van der Waals surface area contributed by atoms with Crippen LogP contribution in [0.1, 0.15) is 22.6 Å². The molecule has 2 heterocycles. The lowest BCUT2D eigenvalue weighted by atomic mass is 10.2. The van der Waals surface area contributed by atoms with Crippen LogP contribution in [-0.4, -0.2) is 51.1 Å². The number of anilines is 1. The van der Waals surface area contributed by atoms with Crippen LogP contribution in [0.2, 0.25) is 0 Å². The molecule has 0 unspecified atom stereocenters. The fourth-order valence-electron chi connectivity index (χ4n) is 3.40. The predicted octanol–water partition coefficient (Wildman–Crippen LogP) is 2.59. The van der Waals surface area contributed by atoms with Gasteiger partial charge in [0.1, 0.15) is 0 Å². The van der Waals surface area contributed by atoms with Crippen LogP contribution in [0.5, 0.6) is 0 Å². The molecule has 0 saturated carbocycles. The van der Waals surface area contributed by atoms with Gasteiger partial charge in [0.05, 0.1) is 16.3 Å². The first kappa shape index (κ1) is 21.7.